The van der Waals surface area contributed by atoms with E-state index >= 15 is 0 Å². The van der Waals surface area contributed by atoms with Crippen molar-refractivity contribution in [2.24, 2.45) is 0 Å². The van der Waals surface area contributed by atoms with Crippen molar-refractivity contribution in [2.75, 3.05) is 11.6 Å². The number of aromatic nitrogens is 4. The molecule has 0 aliphatic heterocycles. The lowest BCUT2D eigenvalue weighted by Gasteiger charge is -2.09. The Kier molecular flexibility index (Phi) is 5.10. The van der Waals surface area contributed by atoms with Crippen LogP contribution in [0.3, 0.4) is 0 Å². The molecule has 9 nitrogen and oxygen atoms in total. The van der Waals surface area contributed by atoms with Gasteiger partial charge in [0.05, 0.1) is 4.90 Å². The van der Waals surface area contributed by atoms with Gasteiger partial charge in [-0.3, -0.25) is 15.1 Å². The molecule has 0 saturated heterocycles. The number of amides is 1. The van der Waals surface area contributed by atoms with Gasteiger partial charge in [-0.1, -0.05) is 6.07 Å². The molecular formula is C18H14N6O3S. The SMILES string of the molecule is Cc1cc(S(C)(=O)=O)ccc1C(=O)Nc1nc(C#N)nc(-c2ccccn2)n1. The molecule has 1 amide bonds. The highest BCUT2D eigenvalue weighted by atomic mass is 32.2. The van der Waals surface area contributed by atoms with Crippen LogP contribution in [0.2, 0.25) is 0 Å². The van der Waals surface area contributed by atoms with Gasteiger partial charge in [-0.05, 0) is 42.8 Å². The molecular weight excluding hydrogens is 380 g/mol. The first-order chi connectivity index (χ1) is 13.3. The Morgan fingerprint density at radius 2 is 1.93 bits per heavy atom. The Labute approximate surface area is 161 Å². The minimum absolute atomic E-state index is 0.108. The number of hydrogen-bond donors (Lipinski definition) is 1. The third-order valence-electron chi connectivity index (χ3n) is 3.73. The van der Waals surface area contributed by atoms with Crippen molar-refractivity contribution < 1.29 is 13.2 Å². The smallest absolute Gasteiger partial charge is 0.258 e. The Bertz CT molecular complexity index is 1200. The first-order valence-corrected chi connectivity index (χ1v) is 9.87. The van der Waals surface area contributed by atoms with Crippen LogP contribution in [-0.4, -0.2) is 40.5 Å². The zero-order valence-corrected chi connectivity index (χ0v) is 15.7. The van der Waals surface area contributed by atoms with Crippen LogP contribution in [0.5, 0.6) is 0 Å². The molecule has 0 bridgehead atoms. The summed E-state index contributed by atoms with van der Waals surface area (Å²) in [5, 5.41) is 11.7. The van der Waals surface area contributed by atoms with Crippen LogP contribution >= 0.6 is 0 Å². The zero-order valence-electron chi connectivity index (χ0n) is 14.9. The highest BCUT2D eigenvalue weighted by molar-refractivity contribution is 7.90. The summed E-state index contributed by atoms with van der Waals surface area (Å²) in [5.74, 6) is -0.676. The number of nitriles is 1. The van der Waals surface area contributed by atoms with Gasteiger partial charge in [-0.15, -0.1) is 0 Å². The van der Waals surface area contributed by atoms with Gasteiger partial charge in [-0.2, -0.15) is 20.2 Å². The molecule has 3 aromatic rings. The minimum atomic E-state index is -3.38. The number of carbonyl (C=O) groups is 1. The summed E-state index contributed by atoms with van der Waals surface area (Å²) >= 11 is 0. The number of sulfone groups is 1. The maximum Gasteiger partial charge on any atom is 0.258 e. The molecule has 0 aliphatic rings. The molecule has 10 heteroatoms. The molecule has 1 aromatic carbocycles. The van der Waals surface area contributed by atoms with Crippen LogP contribution in [0, 0.1) is 18.3 Å². The number of carbonyl (C=O) groups excluding carboxylic acids is 1. The number of nitrogens with one attached hydrogen (secondary N) is 1. The fourth-order valence-corrected chi connectivity index (χ4v) is 3.09. The van der Waals surface area contributed by atoms with Crippen LogP contribution in [0.1, 0.15) is 21.7 Å². The van der Waals surface area contributed by atoms with E-state index in [1.165, 1.54) is 18.2 Å². The Hall–Kier alpha value is -3.71. The quantitative estimate of drug-likeness (QED) is 0.706. The molecule has 0 saturated carbocycles. The average molecular weight is 394 g/mol. The van der Waals surface area contributed by atoms with Crippen molar-refractivity contribution in [1.82, 2.24) is 19.9 Å². The van der Waals surface area contributed by atoms with Crippen LogP contribution in [0.25, 0.3) is 11.5 Å². The first kappa shape index (κ1) is 19.1. The van der Waals surface area contributed by atoms with Crippen LogP contribution in [-0.2, 0) is 9.84 Å². The number of aryl methyl sites for hydroxylation is 1. The molecule has 0 aliphatic carbocycles. The predicted molar refractivity (Wildman–Crippen MR) is 100 cm³/mol. The molecule has 2 aromatic heterocycles. The predicted octanol–water partition coefficient (Wildman–Crippen LogP) is 1.77. The van der Waals surface area contributed by atoms with Crippen LogP contribution < -0.4 is 5.32 Å². The van der Waals surface area contributed by atoms with Crippen molar-refractivity contribution in [1.29, 1.82) is 5.26 Å². The summed E-state index contributed by atoms with van der Waals surface area (Å²) in [6.45, 7) is 1.62. The topological polar surface area (TPSA) is 139 Å². The standard InChI is InChI=1S/C18H14N6O3S/c1-11-9-12(28(2,26)27)6-7-13(11)17(25)24-18-22-15(10-19)21-16(23-18)14-5-3-4-8-20-14/h3-9H,1-2H3,(H,21,22,23,24,25). The van der Waals surface area contributed by atoms with Gasteiger partial charge in [0.2, 0.25) is 11.8 Å². The number of pyridine rings is 1. The summed E-state index contributed by atoms with van der Waals surface area (Å²) in [5.41, 5.74) is 1.15. The Morgan fingerprint density at radius 1 is 1.14 bits per heavy atom. The molecule has 1 N–H and O–H groups in total. The highest BCUT2D eigenvalue weighted by Crippen LogP contribution is 2.18. The van der Waals surface area contributed by atoms with E-state index in [0.717, 1.165) is 6.26 Å². The lowest BCUT2D eigenvalue weighted by atomic mass is 10.1. The molecule has 28 heavy (non-hydrogen) atoms. The minimum Gasteiger partial charge on any atom is -0.290 e. The van der Waals surface area contributed by atoms with Gasteiger partial charge in [0.15, 0.2) is 15.7 Å². The van der Waals surface area contributed by atoms with E-state index in [-0.39, 0.29) is 28.1 Å². The number of hydrogen-bond acceptors (Lipinski definition) is 8. The summed E-state index contributed by atoms with van der Waals surface area (Å²) in [4.78, 5) is 28.8. The summed E-state index contributed by atoms with van der Waals surface area (Å²) in [6.07, 6.45) is 2.64. The van der Waals surface area contributed by atoms with Gasteiger partial charge < -0.3 is 0 Å². The van der Waals surface area contributed by atoms with Gasteiger partial charge in [0, 0.05) is 18.0 Å². The fourth-order valence-electron chi connectivity index (χ4n) is 2.38. The van der Waals surface area contributed by atoms with Crippen molar-refractivity contribution in [3.63, 3.8) is 0 Å². The third-order valence-corrected chi connectivity index (χ3v) is 4.84. The van der Waals surface area contributed by atoms with Gasteiger partial charge >= 0.3 is 0 Å². The fraction of sp³-hybridized carbons (Fsp3) is 0.111. The van der Waals surface area contributed by atoms with Crippen LogP contribution in [0.4, 0.5) is 5.95 Å². The Balaban J connectivity index is 1.94. The molecule has 0 radical (unpaired) electrons. The second kappa shape index (κ2) is 7.50. The van der Waals surface area contributed by atoms with Gasteiger partial charge in [0.1, 0.15) is 11.8 Å². The van der Waals surface area contributed by atoms with E-state index in [2.05, 4.69) is 25.3 Å². The third kappa shape index (κ3) is 4.16. The number of nitrogens with zero attached hydrogens (tertiary/aromatic N) is 5. The van der Waals surface area contributed by atoms with Gasteiger partial charge in [0.25, 0.3) is 5.91 Å². The van der Waals surface area contributed by atoms with E-state index in [9.17, 15) is 13.2 Å². The molecule has 3 rings (SSSR count). The van der Waals surface area contributed by atoms with E-state index in [1.807, 2.05) is 6.07 Å². The molecule has 0 unspecified atom stereocenters. The lowest BCUT2D eigenvalue weighted by molar-refractivity contribution is 0.102. The average Bonchev–Trinajstić information content (AvgIpc) is 2.67. The largest absolute Gasteiger partial charge is 0.290 e. The second-order valence-corrected chi connectivity index (χ2v) is 7.85. The van der Waals surface area contributed by atoms with Crippen LogP contribution in [0.15, 0.2) is 47.5 Å². The zero-order chi connectivity index (χ0) is 20.3. The molecule has 0 fully saturated rings. The summed E-state index contributed by atoms with van der Waals surface area (Å²) < 4.78 is 23.3. The van der Waals surface area contributed by atoms with Gasteiger partial charge in [-0.25, -0.2) is 8.42 Å². The maximum absolute atomic E-state index is 12.6. The summed E-state index contributed by atoms with van der Waals surface area (Å²) in [6, 6.07) is 11.1. The Morgan fingerprint density at radius 3 is 2.54 bits per heavy atom. The second-order valence-electron chi connectivity index (χ2n) is 5.84. The molecule has 0 atom stereocenters. The normalized spacial score (nSPS) is 10.9. The van der Waals surface area contributed by atoms with Crippen molar-refractivity contribution >= 4 is 21.7 Å². The van der Waals surface area contributed by atoms with E-state index in [1.54, 1.807) is 31.3 Å². The number of benzene rings is 1. The first-order valence-electron chi connectivity index (χ1n) is 7.97. The molecule has 2 heterocycles. The lowest BCUT2D eigenvalue weighted by Crippen LogP contribution is -2.17. The van der Waals surface area contributed by atoms with Crippen molar-refractivity contribution in [3.05, 3.63) is 59.5 Å². The van der Waals surface area contributed by atoms with E-state index < -0.39 is 15.7 Å². The molecule has 0 spiro atoms. The highest BCUT2D eigenvalue weighted by Gasteiger charge is 2.16. The van der Waals surface area contributed by atoms with Crippen molar-refractivity contribution in [3.8, 4) is 17.6 Å². The monoisotopic (exact) mass is 394 g/mol. The van der Waals surface area contributed by atoms with E-state index in [0.29, 0.717) is 11.3 Å². The number of anilines is 1. The van der Waals surface area contributed by atoms with Crippen molar-refractivity contribution in [2.45, 2.75) is 11.8 Å². The maximum atomic E-state index is 12.6. The molecule has 140 valence electrons. The van der Waals surface area contributed by atoms with E-state index in [4.69, 9.17) is 5.26 Å². The summed E-state index contributed by atoms with van der Waals surface area (Å²) in [7, 11) is -3.38. The number of rotatable bonds is 4.